The lowest BCUT2D eigenvalue weighted by atomic mass is 9.84. The zero-order chi connectivity index (χ0) is 53.3. The number of aromatic hydroxyl groups is 1. The number of aryl methyl sites for hydroxylation is 1. The number of benzene rings is 7. The predicted octanol–water partition coefficient (Wildman–Crippen LogP) is 16.2. The third kappa shape index (κ3) is 8.17. The first-order valence-corrected chi connectivity index (χ1v) is 21.5. The lowest BCUT2D eigenvalue weighted by molar-refractivity contribution is 0.471. The van der Waals surface area contributed by atoms with Gasteiger partial charge < -0.3 is 5.11 Å². The minimum absolute atomic E-state index is 0.00225. The molecule has 4 heteroatoms. The van der Waals surface area contributed by atoms with Crippen LogP contribution in [0.25, 0.3) is 83.9 Å². The fourth-order valence-corrected chi connectivity index (χ4v) is 8.45. The Balaban J connectivity index is 1.35. The summed E-state index contributed by atoms with van der Waals surface area (Å²) in [5, 5.41) is 12.2. The number of rotatable bonds is 8. The molecule has 2 aromatic heterocycles. The summed E-state index contributed by atoms with van der Waals surface area (Å²) in [5.41, 5.74) is 8.36. The van der Waals surface area contributed by atoms with Gasteiger partial charge in [0.15, 0.2) is 0 Å². The van der Waals surface area contributed by atoms with Gasteiger partial charge in [0.1, 0.15) is 11.6 Å². The number of imidazole rings is 1. The van der Waals surface area contributed by atoms with E-state index < -0.39 is 37.4 Å². The molecule has 64 heavy (non-hydrogen) atoms. The summed E-state index contributed by atoms with van der Waals surface area (Å²) in [7, 11) is 0. The lowest BCUT2D eigenvalue weighted by Crippen LogP contribution is -2.13. The second kappa shape index (κ2) is 16.6. The van der Waals surface area contributed by atoms with E-state index >= 15 is 0 Å². The van der Waals surface area contributed by atoms with E-state index in [-0.39, 0.29) is 11.2 Å². The van der Waals surface area contributed by atoms with Gasteiger partial charge in [0.25, 0.3) is 0 Å². The predicted molar refractivity (Wildman–Crippen MR) is 269 cm³/mol. The minimum Gasteiger partial charge on any atom is -0.507 e. The summed E-state index contributed by atoms with van der Waals surface area (Å²) in [4.78, 5) is 10.4. The van der Waals surface area contributed by atoms with Crippen molar-refractivity contribution in [3.8, 4) is 78.6 Å². The number of hydrogen-bond acceptors (Lipinski definition) is 3. The van der Waals surface area contributed by atoms with Crippen LogP contribution in [0, 0.1) is 6.92 Å². The molecule has 2 heterocycles. The van der Waals surface area contributed by atoms with Gasteiger partial charge in [0, 0.05) is 36.6 Å². The van der Waals surface area contributed by atoms with Crippen LogP contribution in [0.4, 0.5) is 0 Å². The Hall–Kier alpha value is -7.04. The SMILES string of the molecule is [2H]C(C)(C)c1ccc(-c2ccnc(-c3cc(-c4ccccc4)cc(-c4cccc5c4nc(-c4cc(C(C)(C)C)cc(C)c4O)n5-c4ccc(C(C([2H])([2H])[2H])(C([2H])([2H])[2H])C([2H])([2H])[2H])cc4-c4ccccc4)c3)c2)cc1. The van der Waals surface area contributed by atoms with Crippen molar-refractivity contribution in [1.29, 1.82) is 0 Å². The van der Waals surface area contributed by atoms with E-state index in [2.05, 4.69) is 57.2 Å². The molecule has 0 saturated heterocycles. The average Bonchev–Trinajstić information content (AvgIpc) is 3.73. The fraction of sp³-hybridized carbons (Fsp3) is 0.200. The highest BCUT2D eigenvalue weighted by Gasteiger charge is 2.26. The summed E-state index contributed by atoms with van der Waals surface area (Å²) < 4.78 is 87.8. The van der Waals surface area contributed by atoms with Gasteiger partial charge in [-0.25, -0.2) is 4.98 Å². The van der Waals surface area contributed by atoms with E-state index in [9.17, 15) is 5.11 Å². The first-order chi connectivity index (χ1) is 34.7. The molecule has 0 spiro atoms. The van der Waals surface area contributed by atoms with E-state index in [1.54, 1.807) is 36.5 Å². The summed E-state index contributed by atoms with van der Waals surface area (Å²) in [6.07, 6.45) is 1.80. The van der Waals surface area contributed by atoms with Crippen LogP contribution in [0.1, 0.15) is 97.0 Å². The number of phenolic OH excluding ortho intramolecular Hbond substituents is 1. The molecule has 0 bridgehead atoms. The highest BCUT2D eigenvalue weighted by atomic mass is 16.3. The number of pyridine rings is 1. The molecule has 0 unspecified atom stereocenters. The minimum atomic E-state index is -3.49. The Bertz CT molecular complexity index is 3510. The maximum absolute atomic E-state index is 12.2. The zero-order valence-electron chi connectivity index (χ0n) is 47.0. The fourth-order valence-electron chi connectivity index (χ4n) is 8.45. The number of phenols is 1. The molecule has 0 saturated carbocycles. The first-order valence-electron chi connectivity index (χ1n) is 26.5. The maximum Gasteiger partial charge on any atom is 0.149 e. The molecule has 0 aliphatic carbocycles. The zero-order valence-corrected chi connectivity index (χ0v) is 37.0. The largest absolute Gasteiger partial charge is 0.507 e. The Labute approximate surface area is 393 Å². The number of aromatic nitrogens is 3. The second-order valence-corrected chi connectivity index (χ2v) is 17.9. The molecular weight excluding hydrogens is 779 g/mol. The molecule has 4 nitrogen and oxygen atoms in total. The topological polar surface area (TPSA) is 50.9 Å². The van der Waals surface area contributed by atoms with Crippen molar-refractivity contribution < 1.29 is 18.8 Å². The van der Waals surface area contributed by atoms with Crippen LogP contribution >= 0.6 is 0 Å². The number of para-hydroxylation sites is 1. The average molecular weight is 846 g/mol. The molecule has 9 aromatic rings. The standard InChI is InChI=1S/C60H57N3O/c1-38(2)40-23-25-42(26-24-40)44-29-30-61-53(35-44)47-33-45(41-17-12-10-13-18-41)32-46(34-47)50-21-16-22-55-56(50)62-58(52-37-49(60(7,8)9)31-39(3)57(52)64)63(55)54-28-27-48(59(4,5)6)36-51(54)43-19-14-11-15-20-43/h10-38,64H,1-9H3/i4D3,5D3,6D3,38D. The molecule has 7 aromatic carbocycles. The van der Waals surface area contributed by atoms with Gasteiger partial charge in [-0.2, -0.15) is 0 Å². The van der Waals surface area contributed by atoms with Gasteiger partial charge in [-0.1, -0.05) is 164 Å². The summed E-state index contributed by atoms with van der Waals surface area (Å²) in [5.74, 6) is -0.402. The molecular formula is C60H57N3O. The molecule has 0 fully saturated rings. The Morgan fingerprint density at radius 3 is 1.91 bits per heavy atom. The number of nitrogens with zero attached hydrogens (tertiary/aromatic N) is 3. The molecule has 1 N–H and O–H groups in total. The molecule has 318 valence electrons. The van der Waals surface area contributed by atoms with Crippen LogP contribution < -0.4 is 0 Å². The molecule has 0 aliphatic heterocycles. The van der Waals surface area contributed by atoms with E-state index in [0.717, 1.165) is 55.8 Å². The van der Waals surface area contributed by atoms with Gasteiger partial charge in [-0.05, 0) is 134 Å². The van der Waals surface area contributed by atoms with E-state index in [4.69, 9.17) is 23.7 Å². The van der Waals surface area contributed by atoms with Crippen LogP contribution in [-0.4, -0.2) is 19.6 Å². The van der Waals surface area contributed by atoms with Crippen LogP contribution in [0.3, 0.4) is 0 Å². The Kier molecular flexibility index (Phi) is 8.23. The van der Waals surface area contributed by atoms with Crippen molar-refractivity contribution in [2.24, 2.45) is 0 Å². The van der Waals surface area contributed by atoms with Gasteiger partial charge in [-0.3, -0.25) is 9.55 Å². The number of hydrogen-bond donors (Lipinski definition) is 1. The smallest absolute Gasteiger partial charge is 0.149 e. The normalized spacial score (nSPS) is 15.1. The highest BCUT2D eigenvalue weighted by molar-refractivity contribution is 5.98. The van der Waals surface area contributed by atoms with Crippen LogP contribution in [0.5, 0.6) is 5.75 Å². The van der Waals surface area contributed by atoms with Gasteiger partial charge in [0.2, 0.25) is 0 Å². The van der Waals surface area contributed by atoms with E-state index in [0.29, 0.717) is 44.8 Å². The second-order valence-electron chi connectivity index (χ2n) is 17.9. The Morgan fingerprint density at radius 2 is 1.22 bits per heavy atom. The van der Waals surface area contributed by atoms with Crippen LogP contribution in [-0.2, 0) is 10.8 Å². The molecule has 0 atom stereocenters. The first kappa shape index (κ1) is 31.7. The van der Waals surface area contributed by atoms with Crippen molar-refractivity contribution in [2.45, 2.75) is 78.8 Å². The van der Waals surface area contributed by atoms with Gasteiger partial charge in [0.05, 0.1) is 28.0 Å². The molecule has 9 rings (SSSR count). The Morgan fingerprint density at radius 1 is 0.562 bits per heavy atom. The lowest BCUT2D eigenvalue weighted by Gasteiger charge is -2.24. The number of fused-ring (bicyclic) bond motifs is 1. The monoisotopic (exact) mass is 846 g/mol. The molecule has 0 amide bonds. The maximum atomic E-state index is 12.2. The van der Waals surface area contributed by atoms with Gasteiger partial charge in [-0.15, -0.1) is 0 Å². The van der Waals surface area contributed by atoms with Gasteiger partial charge >= 0.3 is 0 Å². The van der Waals surface area contributed by atoms with Crippen molar-refractivity contribution in [3.63, 3.8) is 0 Å². The third-order valence-electron chi connectivity index (χ3n) is 12.1. The summed E-state index contributed by atoms with van der Waals surface area (Å²) in [6, 6.07) is 51.4. The van der Waals surface area contributed by atoms with Crippen molar-refractivity contribution in [2.75, 3.05) is 0 Å². The van der Waals surface area contributed by atoms with Crippen LogP contribution in [0.15, 0.2) is 170 Å². The van der Waals surface area contributed by atoms with Crippen LogP contribution in [0.2, 0.25) is 0 Å². The van der Waals surface area contributed by atoms with E-state index in [1.165, 1.54) is 12.1 Å². The summed E-state index contributed by atoms with van der Waals surface area (Å²) >= 11 is 0. The molecule has 0 aliphatic rings. The third-order valence-corrected chi connectivity index (χ3v) is 12.1. The van der Waals surface area contributed by atoms with E-state index in [1.807, 2.05) is 110 Å². The quantitative estimate of drug-likeness (QED) is 0.166. The van der Waals surface area contributed by atoms with Crippen molar-refractivity contribution >= 4 is 11.0 Å². The highest BCUT2D eigenvalue weighted by Crippen LogP contribution is 2.44. The summed E-state index contributed by atoms with van der Waals surface area (Å²) in [6.45, 7) is 1.34. The molecule has 0 radical (unpaired) electrons. The van der Waals surface area contributed by atoms with Crippen molar-refractivity contribution in [1.82, 2.24) is 14.5 Å². The van der Waals surface area contributed by atoms with Crippen molar-refractivity contribution in [3.05, 3.63) is 192 Å².